The van der Waals surface area contributed by atoms with Gasteiger partial charge in [0.15, 0.2) is 0 Å². The van der Waals surface area contributed by atoms with Crippen molar-refractivity contribution in [3.63, 3.8) is 0 Å². The molecule has 1 N–H and O–H groups in total. The van der Waals surface area contributed by atoms with Crippen molar-refractivity contribution in [3.05, 3.63) is 66.2 Å². The summed E-state index contributed by atoms with van der Waals surface area (Å²) in [6.07, 6.45) is 0.365. The van der Waals surface area contributed by atoms with Crippen LogP contribution in [0, 0.1) is 5.92 Å². The predicted octanol–water partition coefficient (Wildman–Crippen LogP) is 3.41. The first kappa shape index (κ1) is 15.8. The number of carbonyl (C=O) groups is 2. The Balaban J connectivity index is 2.21. The Kier molecular flexibility index (Phi) is 5.31. The molecule has 0 saturated carbocycles. The van der Waals surface area contributed by atoms with Crippen LogP contribution in [-0.2, 0) is 4.79 Å². The number of amides is 2. The number of rotatable bonds is 4. The second-order valence-electron chi connectivity index (χ2n) is 5.47. The number of hydrazine groups is 1. The lowest BCUT2D eigenvalue weighted by Gasteiger charge is -2.24. The highest BCUT2D eigenvalue weighted by molar-refractivity contribution is 6.01. The Morgan fingerprint density at radius 1 is 0.955 bits per heavy atom. The SMILES string of the molecule is CC(C)CC(=O)N(NC(=O)c1ccccc1)c1ccccc1. The first-order valence-electron chi connectivity index (χ1n) is 7.32. The molecule has 0 aliphatic heterocycles. The number of nitrogens with zero attached hydrogens (tertiary/aromatic N) is 1. The Bertz CT molecular complexity index is 624. The molecule has 4 nitrogen and oxygen atoms in total. The Hall–Kier alpha value is -2.62. The molecule has 4 heteroatoms. The van der Waals surface area contributed by atoms with Gasteiger partial charge in [-0.2, -0.15) is 0 Å². The smallest absolute Gasteiger partial charge is 0.270 e. The number of carbonyl (C=O) groups excluding carboxylic acids is 2. The number of para-hydroxylation sites is 1. The summed E-state index contributed by atoms with van der Waals surface area (Å²) in [5, 5.41) is 1.33. The van der Waals surface area contributed by atoms with Crippen LogP contribution < -0.4 is 10.4 Å². The van der Waals surface area contributed by atoms with Gasteiger partial charge in [-0.25, -0.2) is 5.01 Å². The minimum atomic E-state index is -0.304. The van der Waals surface area contributed by atoms with Crippen molar-refractivity contribution in [2.45, 2.75) is 20.3 Å². The topological polar surface area (TPSA) is 49.4 Å². The van der Waals surface area contributed by atoms with Crippen LogP contribution in [0.15, 0.2) is 60.7 Å². The van der Waals surface area contributed by atoms with Crippen LogP contribution in [0.25, 0.3) is 0 Å². The van der Waals surface area contributed by atoms with Gasteiger partial charge in [0.2, 0.25) is 5.91 Å². The predicted molar refractivity (Wildman–Crippen MR) is 87.3 cm³/mol. The van der Waals surface area contributed by atoms with Crippen molar-refractivity contribution in [1.29, 1.82) is 0 Å². The zero-order chi connectivity index (χ0) is 15.9. The van der Waals surface area contributed by atoms with E-state index in [1.165, 1.54) is 5.01 Å². The fourth-order valence-corrected chi connectivity index (χ4v) is 2.04. The van der Waals surface area contributed by atoms with Crippen LogP contribution >= 0.6 is 0 Å². The standard InChI is InChI=1S/C18H20N2O2/c1-14(2)13-17(21)20(16-11-7-4-8-12-16)19-18(22)15-9-5-3-6-10-15/h3-12,14H,13H2,1-2H3,(H,19,22). The zero-order valence-electron chi connectivity index (χ0n) is 12.8. The molecule has 2 rings (SSSR count). The third kappa shape index (κ3) is 4.19. The minimum absolute atomic E-state index is 0.134. The number of hydrogen-bond acceptors (Lipinski definition) is 2. The maximum atomic E-state index is 12.4. The molecule has 0 aliphatic carbocycles. The van der Waals surface area contributed by atoms with Crippen LogP contribution in [0.3, 0.4) is 0 Å². The quantitative estimate of drug-likeness (QED) is 0.879. The summed E-state index contributed by atoms with van der Waals surface area (Å²) in [5.41, 5.74) is 3.86. The van der Waals surface area contributed by atoms with Gasteiger partial charge in [-0.05, 0) is 30.2 Å². The Morgan fingerprint density at radius 2 is 1.50 bits per heavy atom. The van der Waals surface area contributed by atoms with Gasteiger partial charge in [-0.15, -0.1) is 0 Å². The summed E-state index contributed by atoms with van der Waals surface area (Å²) >= 11 is 0. The van der Waals surface area contributed by atoms with Gasteiger partial charge in [0.05, 0.1) is 5.69 Å². The maximum absolute atomic E-state index is 12.4. The van der Waals surface area contributed by atoms with Gasteiger partial charge in [-0.1, -0.05) is 50.2 Å². The van der Waals surface area contributed by atoms with Gasteiger partial charge in [0.25, 0.3) is 5.91 Å². The fraction of sp³-hybridized carbons (Fsp3) is 0.222. The van der Waals surface area contributed by atoms with E-state index < -0.39 is 0 Å². The van der Waals surface area contributed by atoms with E-state index in [-0.39, 0.29) is 17.7 Å². The number of hydrogen-bond donors (Lipinski definition) is 1. The molecule has 0 aromatic heterocycles. The van der Waals surface area contributed by atoms with E-state index in [2.05, 4.69) is 5.43 Å². The van der Waals surface area contributed by atoms with E-state index in [9.17, 15) is 9.59 Å². The van der Waals surface area contributed by atoms with E-state index in [0.29, 0.717) is 17.7 Å². The molecule has 0 atom stereocenters. The minimum Gasteiger partial charge on any atom is -0.273 e. The van der Waals surface area contributed by atoms with Gasteiger partial charge in [-0.3, -0.25) is 15.0 Å². The van der Waals surface area contributed by atoms with Crippen molar-refractivity contribution in [2.75, 3.05) is 5.01 Å². The molecule has 2 amide bonds. The summed E-state index contributed by atoms with van der Waals surface area (Å²) in [6.45, 7) is 3.94. The van der Waals surface area contributed by atoms with Gasteiger partial charge < -0.3 is 0 Å². The molecule has 114 valence electrons. The summed E-state index contributed by atoms with van der Waals surface area (Å²) < 4.78 is 0. The molecule has 0 aliphatic rings. The lowest BCUT2D eigenvalue weighted by Crippen LogP contribution is -2.46. The summed E-state index contributed by atoms with van der Waals surface area (Å²) in [5.74, 6) is -0.223. The van der Waals surface area contributed by atoms with Crippen molar-refractivity contribution in [1.82, 2.24) is 5.43 Å². The van der Waals surface area contributed by atoms with E-state index in [1.54, 1.807) is 36.4 Å². The van der Waals surface area contributed by atoms with E-state index in [1.807, 2.05) is 38.1 Å². The highest BCUT2D eigenvalue weighted by Crippen LogP contribution is 2.15. The van der Waals surface area contributed by atoms with E-state index >= 15 is 0 Å². The Morgan fingerprint density at radius 3 is 2.05 bits per heavy atom. The summed E-state index contributed by atoms with van der Waals surface area (Å²) in [4.78, 5) is 24.7. The molecular weight excluding hydrogens is 276 g/mol. The van der Waals surface area contributed by atoms with E-state index in [4.69, 9.17) is 0 Å². The maximum Gasteiger partial charge on any atom is 0.270 e. The Labute approximate surface area is 130 Å². The van der Waals surface area contributed by atoms with Crippen molar-refractivity contribution in [2.24, 2.45) is 5.92 Å². The van der Waals surface area contributed by atoms with Gasteiger partial charge in [0.1, 0.15) is 0 Å². The van der Waals surface area contributed by atoms with Crippen LogP contribution in [0.5, 0.6) is 0 Å². The number of anilines is 1. The molecule has 0 saturated heterocycles. The van der Waals surface area contributed by atoms with Gasteiger partial charge in [0, 0.05) is 12.0 Å². The first-order valence-corrected chi connectivity index (χ1v) is 7.32. The molecule has 0 unspecified atom stereocenters. The molecule has 0 spiro atoms. The lowest BCUT2D eigenvalue weighted by atomic mass is 10.1. The molecular formula is C18H20N2O2. The van der Waals surface area contributed by atoms with Gasteiger partial charge >= 0.3 is 0 Å². The third-order valence-electron chi connectivity index (χ3n) is 3.10. The van der Waals surface area contributed by atoms with Crippen molar-refractivity contribution < 1.29 is 9.59 Å². The number of benzene rings is 2. The van der Waals surface area contributed by atoms with Crippen molar-refractivity contribution >= 4 is 17.5 Å². The monoisotopic (exact) mass is 296 g/mol. The molecule has 0 heterocycles. The highest BCUT2D eigenvalue weighted by Gasteiger charge is 2.19. The lowest BCUT2D eigenvalue weighted by molar-refractivity contribution is -0.119. The average Bonchev–Trinajstić information content (AvgIpc) is 2.53. The van der Waals surface area contributed by atoms with Crippen molar-refractivity contribution in [3.8, 4) is 0 Å². The average molecular weight is 296 g/mol. The van der Waals surface area contributed by atoms with E-state index in [0.717, 1.165) is 0 Å². The molecule has 22 heavy (non-hydrogen) atoms. The van der Waals surface area contributed by atoms with Crippen LogP contribution in [0.4, 0.5) is 5.69 Å². The van der Waals surface area contributed by atoms with Crippen LogP contribution in [-0.4, -0.2) is 11.8 Å². The van der Waals surface area contributed by atoms with Crippen LogP contribution in [0.2, 0.25) is 0 Å². The largest absolute Gasteiger partial charge is 0.273 e. The summed E-state index contributed by atoms with van der Waals surface area (Å²) in [6, 6.07) is 18.0. The zero-order valence-corrected chi connectivity index (χ0v) is 12.8. The normalized spacial score (nSPS) is 10.3. The first-order chi connectivity index (χ1) is 10.6. The fourth-order valence-electron chi connectivity index (χ4n) is 2.04. The molecule has 0 radical (unpaired) electrons. The second-order valence-corrected chi connectivity index (χ2v) is 5.47. The molecule has 0 bridgehead atoms. The second kappa shape index (κ2) is 7.41. The molecule has 0 fully saturated rings. The third-order valence-corrected chi connectivity index (χ3v) is 3.10. The molecule has 2 aromatic rings. The highest BCUT2D eigenvalue weighted by atomic mass is 16.2. The number of nitrogens with one attached hydrogen (secondary N) is 1. The van der Waals surface area contributed by atoms with Crippen LogP contribution in [0.1, 0.15) is 30.6 Å². The molecule has 2 aromatic carbocycles. The summed E-state index contributed by atoms with van der Waals surface area (Å²) in [7, 11) is 0.